The third-order valence-electron chi connectivity index (χ3n) is 2.70. The summed E-state index contributed by atoms with van der Waals surface area (Å²) in [4.78, 5) is 23.1. The zero-order valence-corrected chi connectivity index (χ0v) is 13.0. The molecule has 0 aliphatic carbocycles. The van der Waals surface area contributed by atoms with Gasteiger partial charge in [0.25, 0.3) is 0 Å². The number of amides is 2. The third-order valence-corrected chi connectivity index (χ3v) is 4.28. The van der Waals surface area contributed by atoms with Crippen molar-refractivity contribution in [2.75, 3.05) is 22.1 Å². The summed E-state index contributed by atoms with van der Waals surface area (Å²) in [6.45, 7) is 3.40. The van der Waals surface area contributed by atoms with Crippen LogP contribution in [0.5, 0.6) is 0 Å². The highest BCUT2D eigenvalue weighted by Crippen LogP contribution is 2.15. The van der Waals surface area contributed by atoms with E-state index in [4.69, 9.17) is 0 Å². The Bertz CT molecular complexity index is 611. The molecule has 0 aliphatic rings. The molecule has 0 unspecified atom stereocenters. The molecule has 0 radical (unpaired) electrons. The third kappa shape index (κ3) is 6.40. The molecular weight excluding hydrogens is 292 g/mol. The molecule has 1 aromatic rings. The molecule has 7 heteroatoms. The molecule has 0 fully saturated rings. The molecule has 2 N–H and O–H groups in total. The molecule has 1 aromatic carbocycles. The fourth-order valence-corrected chi connectivity index (χ4v) is 2.30. The maximum absolute atomic E-state index is 11.6. The van der Waals surface area contributed by atoms with Crippen LogP contribution >= 0.6 is 0 Å². The van der Waals surface area contributed by atoms with Crippen LogP contribution in [0.4, 0.5) is 11.4 Å². The van der Waals surface area contributed by atoms with E-state index >= 15 is 0 Å². The van der Waals surface area contributed by atoms with Crippen LogP contribution in [0.1, 0.15) is 26.7 Å². The van der Waals surface area contributed by atoms with Gasteiger partial charge >= 0.3 is 0 Å². The van der Waals surface area contributed by atoms with Crippen molar-refractivity contribution in [1.82, 2.24) is 0 Å². The second-order valence-electron chi connectivity index (χ2n) is 4.60. The van der Waals surface area contributed by atoms with Gasteiger partial charge in [-0.05, 0) is 24.6 Å². The Morgan fingerprint density at radius 2 is 1.62 bits per heavy atom. The molecule has 0 aliphatic heterocycles. The van der Waals surface area contributed by atoms with E-state index in [1.54, 1.807) is 24.3 Å². The summed E-state index contributed by atoms with van der Waals surface area (Å²) >= 11 is 0. The fraction of sp³-hybridized carbons (Fsp3) is 0.429. The van der Waals surface area contributed by atoms with E-state index < -0.39 is 21.5 Å². The van der Waals surface area contributed by atoms with Crippen molar-refractivity contribution in [3.05, 3.63) is 24.3 Å². The minimum absolute atomic E-state index is 0.0759. The van der Waals surface area contributed by atoms with E-state index in [-0.39, 0.29) is 11.7 Å². The lowest BCUT2D eigenvalue weighted by molar-refractivity contribution is -0.116. The van der Waals surface area contributed by atoms with Crippen LogP contribution in [0.15, 0.2) is 24.3 Å². The zero-order chi connectivity index (χ0) is 15.9. The van der Waals surface area contributed by atoms with Gasteiger partial charge in [-0.3, -0.25) is 9.59 Å². The van der Waals surface area contributed by atoms with Crippen molar-refractivity contribution >= 4 is 33.0 Å². The second kappa shape index (κ2) is 7.78. The van der Waals surface area contributed by atoms with Gasteiger partial charge in [0.15, 0.2) is 9.84 Å². The van der Waals surface area contributed by atoms with Crippen LogP contribution in [0.25, 0.3) is 0 Å². The number of carbonyl (C=O) groups is 2. The summed E-state index contributed by atoms with van der Waals surface area (Å²) in [6, 6.07) is 6.59. The highest BCUT2D eigenvalue weighted by atomic mass is 32.2. The average molecular weight is 312 g/mol. The van der Waals surface area contributed by atoms with Gasteiger partial charge in [-0.1, -0.05) is 19.9 Å². The molecule has 0 heterocycles. The van der Waals surface area contributed by atoms with Crippen molar-refractivity contribution < 1.29 is 18.0 Å². The predicted molar refractivity (Wildman–Crippen MR) is 82.9 cm³/mol. The standard InChI is InChI=1S/C14H20N2O4S/c1-3-6-13(17)15-11-7-5-8-12(9-11)16-14(18)10-21(19,20)4-2/h5,7-9H,3-4,6,10H2,1-2H3,(H,15,17)(H,16,18). The molecule has 0 aromatic heterocycles. The molecule has 0 atom stereocenters. The summed E-state index contributed by atoms with van der Waals surface area (Å²) < 4.78 is 22.7. The number of anilines is 2. The lowest BCUT2D eigenvalue weighted by Crippen LogP contribution is -2.24. The van der Waals surface area contributed by atoms with Gasteiger partial charge in [-0.25, -0.2) is 8.42 Å². The molecule has 0 saturated heterocycles. The quantitative estimate of drug-likeness (QED) is 0.803. The lowest BCUT2D eigenvalue weighted by atomic mass is 10.2. The summed E-state index contributed by atoms with van der Waals surface area (Å²) in [5.74, 6) is -1.31. The number of rotatable bonds is 7. The average Bonchev–Trinajstić information content (AvgIpc) is 2.38. The number of hydrogen-bond donors (Lipinski definition) is 2. The molecule has 0 bridgehead atoms. The topological polar surface area (TPSA) is 92.3 Å². The van der Waals surface area contributed by atoms with E-state index in [1.807, 2.05) is 6.92 Å². The zero-order valence-electron chi connectivity index (χ0n) is 12.2. The molecule has 0 saturated carbocycles. The van der Waals surface area contributed by atoms with Gasteiger partial charge in [0.05, 0.1) is 0 Å². The molecule has 21 heavy (non-hydrogen) atoms. The van der Waals surface area contributed by atoms with Crippen molar-refractivity contribution in [2.24, 2.45) is 0 Å². The molecule has 116 valence electrons. The summed E-state index contributed by atoms with van der Waals surface area (Å²) in [5.41, 5.74) is 1.00. The Morgan fingerprint density at radius 3 is 2.14 bits per heavy atom. The summed E-state index contributed by atoms with van der Waals surface area (Å²) in [7, 11) is -3.36. The number of carbonyl (C=O) groups excluding carboxylic acids is 2. The van der Waals surface area contributed by atoms with Crippen LogP contribution < -0.4 is 10.6 Å². The van der Waals surface area contributed by atoms with E-state index in [0.29, 0.717) is 17.8 Å². The Hall–Kier alpha value is -1.89. The minimum Gasteiger partial charge on any atom is -0.326 e. The smallest absolute Gasteiger partial charge is 0.239 e. The van der Waals surface area contributed by atoms with Crippen molar-refractivity contribution in [3.8, 4) is 0 Å². The molecular formula is C14H20N2O4S. The van der Waals surface area contributed by atoms with Gasteiger partial charge in [0, 0.05) is 23.5 Å². The van der Waals surface area contributed by atoms with Crippen LogP contribution in [0.3, 0.4) is 0 Å². The van der Waals surface area contributed by atoms with E-state index in [9.17, 15) is 18.0 Å². The van der Waals surface area contributed by atoms with Crippen molar-refractivity contribution in [2.45, 2.75) is 26.7 Å². The highest BCUT2D eigenvalue weighted by Gasteiger charge is 2.14. The normalized spacial score (nSPS) is 11.0. The van der Waals surface area contributed by atoms with Crippen LogP contribution in [0, 0.1) is 0 Å². The second-order valence-corrected chi connectivity index (χ2v) is 6.96. The van der Waals surface area contributed by atoms with Gasteiger partial charge in [-0.15, -0.1) is 0 Å². The minimum atomic E-state index is -3.36. The fourth-order valence-electron chi connectivity index (χ4n) is 1.62. The Kier molecular flexibility index (Phi) is 6.36. The van der Waals surface area contributed by atoms with E-state index in [0.717, 1.165) is 6.42 Å². The van der Waals surface area contributed by atoms with Gasteiger partial charge in [0.1, 0.15) is 5.75 Å². The van der Waals surface area contributed by atoms with Crippen LogP contribution in [-0.2, 0) is 19.4 Å². The first-order valence-corrected chi connectivity index (χ1v) is 8.58. The lowest BCUT2D eigenvalue weighted by Gasteiger charge is -2.08. The monoisotopic (exact) mass is 312 g/mol. The maximum atomic E-state index is 11.6. The largest absolute Gasteiger partial charge is 0.326 e. The summed E-state index contributed by atoms with van der Waals surface area (Å²) in [5, 5.41) is 5.22. The number of sulfone groups is 1. The Labute approximate surface area is 124 Å². The summed E-state index contributed by atoms with van der Waals surface area (Å²) in [6.07, 6.45) is 1.17. The molecule has 1 rings (SSSR count). The number of benzene rings is 1. The number of hydrogen-bond acceptors (Lipinski definition) is 4. The van der Waals surface area contributed by atoms with Gasteiger partial charge < -0.3 is 10.6 Å². The molecule has 6 nitrogen and oxygen atoms in total. The first kappa shape index (κ1) is 17.2. The van der Waals surface area contributed by atoms with Gasteiger partial charge in [-0.2, -0.15) is 0 Å². The van der Waals surface area contributed by atoms with Crippen molar-refractivity contribution in [3.63, 3.8) is 0 Å². The van der Waals surface area contributed by atoms with Crippen LogP contribution in [-0.4, -0.2) is 31.7 Å². The van der Waals surface area contributed by atoms with Crippen LogP contribution in [0.2, 0.25) is 0 Å². The molecule has 2 amide bonds. The maximum Gasteiger partial charge on any atom is 0.239 e. The van der Waals surface area contributed by atoms with E-state index in [2.05, 4.69) is 10.6 Å². The Morgan fingerprint density at radius 1 is 1.05 bits per heavy atom. The Balaban J connectivity index is 2.68. The van der Waals surface area contributed by atoms with Crippen molar-refractivity contribution in [1.29, 1.82) is 0 Å². The molecule has 0 spiro atoms. The highest BCUT2D eigenvalue weighted by molar-refractivity contribution is 7.92. The SMILES string of the molecule is CCCC(=O)Nc1cccc(NC(=O)CS(=O)(=O)CC)c1. The predicted octanol–water partition coefficient (Wildman–Crippen LogP) is 1.80. The first-order chi connectivity index (χ1) is 9.86. The number of nitrogens with one attached hydrogen (secondary N) is 2. The first-order valence-electron chi connectivity index (χ1n) is 6.76. The van der Waals surface area contributed by atoms with Gasteiger partial charge in [0.2, 0.25) is 11.8 Å². The van der Waals surface area contributed by atoms with E-state index in [1.165, 1.54) is 6.92 Å².